The molecule has 12 nitrogen and oxygen atoms in total. The molecule has 0 bridgehead atoms. The van der Waals surface area contributed by atoms with E-state index < -0.39 is 17.6 Å². The third kappa shape index (κ3) is 7.92. The minimum absolute atomic E-state index is 0.102. The maximum Gasteiger partial charge on any atom is 0.407 e. The number of hydrogen-bond donors (Lipinski definition) is 3. The molecular weight excluding hydrogens is 586 g/mol. The van der Waals surface area contributed by atoms with Crippen molar-refractivity contribution >= 4 is 35.4 Å². The number of piperidine rings is 1. The van der Waals surface area contributed by atoms with Gasteiger partial charge in [-0.05, 0) is 87.9 Å². The van der Waals surface area contributed by atoms with Gasteiger partial charge in [0, 0.05) is 49.7 Å². The van der Waals surface area contributed by atoms with Crippen LogP contribution in [0.1, 0.15) is 65.5 Å². The van der Waals surface area contributed by atoms with Crippen LogP contribution < -0.4 is 21.3 Å². The number of benzene rings is 2. The second kappa shape index (κ2) is 13.7. The highest BCUT2D eigenvalue weighted by Gasteiger charge is 2.27. The number of primary amides is 1. The van der Waals surface area contributed by atoms with Crippen LogP contribution in [0.3, 0.4) is 0 Å². The van der Waals surface area contributed by atoms with E-state index >= 15 is 0 Å². The predicted molar refractivity (Wildman–Crippen MR) is 177 cm³/mol. The summed E-state index contributed by atoms with van der Waals surface area (Å²) in [5, 5.41) is 6.23. The quantitative estimate of drug-likeness (QED) is 0.341. The van der Waals surface area contributed by atoms with E-state index in [2.05, 4.69) is 15.6 Å². The lowest BCUT2D eigenvalue weighted by Gasteiger charge is -2.33. The SMILES string of the molecule is Cc1cccc(C)c1-c1cc(Nc2nc(N3CCC[C@H](NC(=O)OC(C)(C)C)C3)ncc2C(N)=O)cc(C(=O)N2CCOCC2)c1. The van der Waals surface area contributed by atoms with Crippen LogP contribution in [0.2, 0.25) is 0 Å². The smallest absolute Gasteiger partial charge is 0.407 e. The fourth-order valence-electron chi connectivity index (χ4n) is 5.87. The highest BCUT2D eigenvalue weighted by Crippen LogP contribution is 2.33. The molecule has 1 atom stereocenters. The van der Waals surface area contributed by atoms with E-state index in [0.717, 1.165) is 35.1 Å². The Hall–Kier alpha value is -4.71. The Morgan fingerprint density at radius 1 is 1.04 bits per heavy atom. The zero-order chi connectivity index (χ0) is 33.0. The molecule has 46 heavy (non-hydrogen) atoms. The summed E-state index contributed by atoms with van der Waals surface area (Å²) < 4.78 is 10.9. The van der Waals surface area contributed by atoms with Crippen molar-refractivity contribution in [3.63, 3.8) is 0 Å². The van der Waals surface area contributed by atoms with Gasteiger partial charge >= 0.3 is 6.09 Å². The number of nitrogens with zero attached hydrogens (tertiary/aromatic N) is 4. The number of alkyl carbamates (subject to hydrolysis) is 1. The lowest BCUT2D eigenvalue weighted by molar-refractivity contribution is 0.0303. The van der Waals surface area contributed by atoms with Gasteiger partial charge in [0.05, 0.1) is 13.2 Å². The summed E-state index contributed by atoms with van der Waals surface area (Å²) >= 11 is 0. The number of morpholine rings is 1. The molecule has 4 N–H and O–H groups in total. The molecular formula is C34H43N7O5. The monoisotopic (exact) mass is 629 g/mol. The van der Waals surface area contributed by atoms with Crippen molar-refractivity contribution < 1.29 is 23.9 Å². The summed E-state index contributed by atoms with van der Waals surface area (Å²) in [4.78, 5) is 51.5. The Balaban J connectivity index is 1.47. The van der Waals surface area contributed by atoms with Gasteiger partial charge in [0.15, 0.2) is 0 Å². The molecule has 2 aliphatic rings. The molecule has 0 aliphatic carbocycles. The van der Waals surface area contributed by atoms with Gasteiger partial charge in [-0.25, -0.2) is 9.78 Å². The first-order chi connectivity index (χ1) is 21.9. The summed E-state index contributed by atoms with van der Waals surface area (Å²) in [5.41, 5.74) is 10.4. The van der Waals surface area contributed by atoms with Crippen molar-refractivity contribution in [2.24, 2.45) is 5.73 Å². The molecule has 0 radical (unpaired) electrons. The van der Waals surface area contributed by atoms with Crippen LogP contribution >= 0.6 is 0 Å². The van der Waals surface area contributed by atoms with E-state index in [1.807, 2.05) is 69.9 Å². The van der Waals surface area contributed by atoms with E-state index in [1.165, 1.54) is 6.20 Å². The Bertz CT molecular complexity index is 1590. The first-order valence-corrected chi connectivity index (χ1v) is 15.6. The maximum atomic E-state index is 13.7. The molecule has 1 aromatic heterocycles. The van der Waals surface area contributed by atoms with Gasteiger partial charge in [0.2, 0.25) is 5.95 Å². The number of amides is 3. The largest absolute Gasteiger partial charge is 0.444 e. The van der Waals surface area contributed by atoms with Crippen LogP contribution in [-0.2, 0) is 9.47 Å². The predicted octanol–water partition coefficient (Wildman–Crippen LogP) is 4.57. The van der Waals surface area contributed by atoms with Gasteiger partial charge in [-0.3, -0.25) is 9.59 Å². The first-order valence-electron chi connectivity index (χ1n) is 15.6. The molecule has 5 rings (SSSR count). The standard InChI is InChI=1S/C34H43N7O5/c1-21-8-6-9-22(2)28(21)23-16-24(31(43)40-12-14-45-15-13-40)18-26(17-23)37-30-27(29(35)42)19-36-32(39-30)41-11-7-10-25(20-41)38-33(44)46-34(3,4)5/h6,8-9,16-19,25H,7,10-15,20H2,1-5H3,(H2,35,42)(H,38,44)(H,36,37,39)/t25-/m0/s1. The maximum absolute atomic E-state index is 13.7. The van der Waals surface area contributed by atoms with Gasteiger partial charge < -0.3 is 35.6 Å². The minimum Gasteiger partial charge on any atom is -0.444 e. The van der Waals surface area contributed by atoms with Crippen LogP contribution in [0.15, 0.2) is 42.6 Å². The van der Waals surface area contributed by atoms with Crippen molar-refractivity contribution in [3.8, 4) is 11.1 Å². The Labute approximate surface area is 269 Å². The Kier molecular flexibility index (Phi) is 9.76. The number of hydrogen-bond acceptors (Lipinski definition) is 9. The molecule has 3 amide bonds. The molecule has 0 unspecified atom stereocenters. The van der Waals surface area contributed by atoms with Crippen molar-refractivity contribution in [1.29, 1.82) is 0 Å². The minimum atomic E-state index is -0.687. The van der Waals surface area contributed by atoms with Crippen LogP contribution in [0, 0.1) is 13.8 Å². The first kappa shape index (κ1) is 32.7. The molecule has 2 aliphatic heterocycles. The molecule has 2 aromatic carbocycles. The molecule has 2 saturated heterocycles. The van der Waals surface area contributed by atoms with Crippen LogP contribution in [-0.4, -0.2) is 83.8 Å². The molecule has 2 fully saturated rings. The second-order valence-corrected chi connectivity index (χ2v) is 12.8. The van der Waals surface area contributed by atoms with E-state index in [1.54, 1.807) is 11.0 Å². The zero-order valence-corrected chi connectivity index (χ0v) is 27.2. The van der Waals surface area contributed by atoms with Crippen molar-refractivity contribution in [2.75, 3.05) is 49.6 Å². The summed E-state index contributed by atoms with van der Waals surface area (Å²) in [6.07, 6.45) is 2.52. The molecule has 12 heteroatoms. The van der Waals surface area contributed by atoms with Crippen molar-refractivity contribution in [2.45, 2.75) is 59.1 Å². The molecule has 0 spiro atoms. The Morgan fingerprint density at radius 3 is 2.43 bits per heavy atom. The normalized spacial score (nSPS) is 16.9. The summed E-state index contributed by atoms with van der Waals surface area (Å²) in [7, 11) is 0. The van der Waals surface area contributed by atoms with Gasteiger partial charge in [0.1, 0.15) is 17.0 Å². The fourth-order valence-corrected chi connectivity index (χ4v) is 5.87. The molecule has 3 aromatic rings. The highest BCUT2D eigenvalue weighted by molar-refractivity contribution is 6.00. The number of aromatic nitrogens is 2. The van der Waals surface area contributed by atoms with Gasteiger partial charge in [-0.15, -0.1) is 0 Å². The third-order valence-corrected chi connectivity index (χ3v) is 7.98. The number of carbonyl (C=O) groups is 3. The van der Waals surface area contributed by atoms with Gasteiger partial charge in [-0.2, -0.15) is 4.98 Å². The lowest BCUT2D eigenvalue weighted by atomic mass is 9.94. The fraction of sp³-hybridized carbons (Fsp3) is 0.441. The summed E-state index contributed by atoms with van der Waals surface area (Å²) in [6, 6.07) is 11.5. The molecule has 0 saturated carbocycles. The number of carbonyl (C=O) groups excluding carboxylic acids is 3. The Morgan fingerprint density at radius 2 is 1.76 bits per heavy atom. The number of anilines is 3. The van der Waals surface area contributed by atoms with E-state index in [4.69, 9.17) is 20.2 Å². The molecule has 244 valence electrons. The van der Waals surface area contributed by atoms with Gasteiger partial charge in [0.25, 0.3) is 11.8 Å². The summed E-state index contributed by atoms with van der Waals surface area (Å²) in [5.74, 6) is -0.177. The second-order valence-electron chi connectivity index (χ2n) is 12.8. The van der Waals surface area contributed by atoms with E-state index in [9.17, 15) is 14.4 Å². The number of aryl methyl sites for hydroxylation is 2. The third-order valence-electron chi connectivity index (χ3n) is 7.98. The molecule has 3 heterocycles. The van der Waals surface area contributed by atoms with Crippen molar-refractivity contribution in [3.05, 3.63) is 64.8 Å². The van der Waals surface area contributed by atoms with Crippen LogP contribution in [0.5, 0.6) is 0 Å². The number of rotatable bonds is 7. The van der Waals surface area contributed by atoms with Crippen LogP contribution in [0.4, 0.5) is 22.2 Å². The number of nitrogens with one attached hydrogen (secondary N) is 2. The highest BCUT2D eigenvalue weighted by atomic mass is 16.6. The van der Waals surface area contributed by atoms with Gasteiger partial charge in [-0.1, -0.05) is 18.2 Å². The number of ether oxygens (including phenoxy) is 2. The average Bonchev–Trinajstić information content (AvgIpc) is 3.00. The zero-order valence-electron chi connectivity index (χ0n) is 27.2. The van der Waals surface area contributed by atoms with E-state index in [-0.39, 0.29) is 23.3 Å². The lowest BCUT2D eigenvalue weighted by Crippen LogP contribution is -2.49. The summed E-state index contributed by atoms with van der Waals surface area (Å²) in [6.45, 7) is 12.7. The average molecular weight is 630 g/mol. The van der Waals surface area contributed by atoms with Crippen LogP contribution in [0.25, 0.3) is 11.1 Å². The number of nitrogens with two attached hydrogens (primary N) is 1. The topological polar surface area (TPSA) is 152 Å². The van der Waals surface area contributed by atoms with Crippen molar-refractivity contribution in [1.82, 2.24) is 20.2 Å². The van der Waals surface area contributed by atoms with E-state index in [0.29, 0.717) is 56.6 Å².